The van der Waals surface area contributed by atoms with Crippen LogP contribution in [0, 0.1) is 0 Å². The average Bonchev–Trinajstić information content (AvgIpc) is 2.83. The Morgan fingerprint density at radius 2 is 1.41 bits per heavy atom. The number of ether oxygens (including phenoxy) is 4. The molecule has 0 aromatic heterocycles. The molecule has 228 valence electrons. The highest BCUT2D eigenvalue weighted by Crippen LogP contribution is 2.47. The summed E-state index contributed by atoms with van der Waals surface area (Å²) < 4.78 is 18.0. The van der Waals surface area contributed by atoms with Crippen LogP contribution in [-0.2, 0) is 52.5 Å². The van der Waals surface area contributed by atoms with E-state index in [1.807, 2.05) is 45.2 Å². The van der Waals surface area contributed by atoms with Crippen molar-refractivity contribution in [3.8, 4) is 0 Å². The number of esters is 4. The molecule has 1 rings (SSSR count). The van der Waals surface area contributed by atoms with Crippen molar-refractivity contribution in [2.45, 2.75) is 54.3 Å². The number of hydrogen-bond donors (Lipinski definition) is 2. The number of carboxylic acid groups (broad SMARTS) is 1. The van der Waals surface area contributed by atoms with Crippen molar-refractivity contribution in [1.29, 1.82) is 0 Å². The average molecular weight is 918 g/mol. The Labute approximate surface area is 276 Å². The largest absolute Gasteiger partial charge is 0.478 e. The van der Waals surface area contributed by atoms with Gasteiger partial charge in [-0.3, -0.25) is 28.8 Å². The molecular weight excluding hydrogens is 889 g/mol. The molecule has 1 aliphatic carbocycles. The summed E-state index contributed by atoms with van der Waals surface area (Å²) in [5, 5.41) is 12.5. The molecule has 0 aromatic rings. The standard InChI is InChI=1S/C24H29I3N2O12/c1-11(30)29(8-17(41-15(5)34)10-39-13(3)32)24(27)6-18(23(36)37)20(25)19(21(24)26)22(35)28-7-16(40-14(4)33)9-38-12(2)31/h6,16-17,21H,7-10H2,1-5H3,(H,28,35)(H,36,37). The predicted octanol–water partition coefficient (Wildman–Crippen LogP) is 1.59. The maximum absolute atomic E-state index is 13.5. The molecular formula is C24H29I3N2O12. The molecule has 1 aliphatic rings. The van der Waals surface area contributed by atoms with Gasteiger partial charge in [-0.1, -0.05) is 22.6 Å². The molecule has 0 fully saturated rings. The van der Waals surface area contributed by atoms with Crippen molar-refractivity contribution in [3.05, 3.63) is 20.8 Å². The number of nitrogens with one attached hydrogen (secondary N) is 1. The third-order valence-corrected chi connectivity index (χ3v) is 10.6. The minimum absolute atomic E-state index is 0.00448. The van der Waals surface area contributed by atoms with Crippen molar-refractivity contribution in [3.63, 3.8) is 0 Å². The first-order valence-corrected chi connectivity index (χ1v) is 15.2. The number of rotatable bonds is 13. The molecule has 0 aliphatic heterocycles. The lowest BCUT2D eigenvalue weighted by Crippen LogP contribution is -2.57. The van der Waals surface area contributed by atoms with Crippen LogP contribution in [0.5, 0.6) is 0 Å². The van der Waals surface area contributed by atoms with E-state index in [9.17, 15) is 38.7 Å². The molecule has 17 heteroatoms. The molecule has 4 atom stereocenters. The number of alkyl halides is 2. The van der Waals surface area contributed by atoms with E-state index in [0.717, 1.165) is 27.7 Å². The highest BCUT2D eigenvalue weighted by atomic mass is 127. The molecule has 2 amide bonds. The predicted molar refractivity (Wildman–Crippen MR) is 166 cm³/mol. The summed E-state index contributed by atoms with van der Waals surface area (Å²) in [4.78, 5) is 85.6. The molecule has 0 saturated heterocycles. The number of nitrogens with zero attached hydrogens (tertiary/aromatic N) is 1. The second kappa shape index (κ2) is 16.6. The molecule has 0 radical (unpaired) electrons. The number of carbonyl (C=O) groups excluding carboxylic acids is 6. The minimum Gasteiger partial charge on any atom is -0.478 e. The van der Waals surface area contributed by atoms with Gasteiger partial charge in [-0.15, -0.1) is 0 Å². The number of hydrogen-bond acceptors (Lipinski definition) is 11. The summed E-state index contributed by atoms with van der Waals surface area (Å²) in [7, 11) is 0. The first kappa shape index (κ1) is 37.0. The number of halogens is 3. The van der Waals surface area contributed by atoms with Gasteiger partial charge in [-0.25, -0.2) is 4.79 Å². The van der Waals surface area contributed by atoms with Gasteiger partial charge in [0, 0.05) is 43.8 Å². The lowest BCUT2D eigenvalue weighted by atomic mass is 9.93. The van der Waals surface area contributed by atoms with Gasteiger partial charge in [0.2, 0.25) is 11.8 Å². The van der Waals surface area contributed by atoms with Crippen LogP contribution in [-0.4, -0.2) is 97.6 Å². The summed E-state index contributed by atoms with van der Waals surface area (Å²) in [6.07, 6.45) is -0.787. The molecule has 0 spiro atoms. The van der Waals surface area contributed by atoms with Crippen LogP contribution in [0.25, 0.3) is 0 Å². The summed E-state index contributed by atoms with van der Waals surface area (Å²) >= 11 is 5.48. The molecule has 41 heavy (non-hydrogen) atoms. The van der Waals surface area contributed by atoms with E-state index in [1.165, 1.54) is 17.9 Å². The van der Waals surface area contributed by atoms with E-state index in [0.29, 0.717) is 0 Å². The summed E-state index contributed by atoms with van der Waals surface area (Å²) in [5.41, 5.74) is -0.255. The van der Waals surface area contributed by atoms with Crippen molar-refractivity contribution in [2.24, 2.45) is 0 Å². The van der Waals surface area contributed by atoms with E-state index in [4.69, 9.17) is 18.9 Å². The quantitative estimate of drug-likeness (QED) is 0.0894. The maximum atomic E-state index is 13.5. The normalized spacial score (nSPS) is 19.6. The zero-order valence-corrected chi connectivity index (χ0v) is 29.1. The second-order valence-corrected chi connectivity index (χ2v) is 12.6. The highest BCUT2D eigenvalue weighted by Gasteiger charge is 2.49. The van der Waals surface area contributed by atoms with Gasteiger partial charge in [0.15, 0.2) is 12.2 Å². The van der Waals surface area contributed by atoms with E-state index in [2.05, 4.69) is 5.32 Å². The van der Waals surface area contributed by atoms with Gasteiger partial charge in [0.25, 0.3) is 0 Å². The molecule has 2 N–H and O–H groups in total. The van der Waals surface area contributed by atoms with Crippen molar-refractivity contribution < 1.29 is 57.6 Å². The number of aliphatic carboxylic acids is 1. The van der Waals surface area contributed by atoms with Gasteiger partial charge in [0.1, 0.15) is 16.8 Å². The van der Waals surface area contributed by atoms with Crippen molar-refractivity contribution in [1.82, 2.24) is 10.2 Å². The first-order valence-electron chi connectivity index (χ1n) is 11.8. The molecule has 0 bridgehead atoms. The Morgan fingerprint density at radius 3 is 1.85 bits per heavy atom. The molecule has 0 aromatic carbocycles. The van der Waals surface area contributed by atoms with Crippen LogP contribution < -0.4 is 5.32 Å². The number of amides is 2. The van der Waals surface area contributed by atoms with Crippen molar-refractivity contribution in [2.75, 3.05) is 26.3 Å². The lowest BCUT2D eigenvalue weighted by Gasteiger charge is -2.44. The smallest absolute Gasteiger partial charge is 0.336 e. The monoisotopic (exact) mass is 918 g/mol. The fourth-order valence-corrected chi connectivity index (χ4v) is 7.36. The Balaban J connectivity index is 3.46. The SMILES string of the molecule is CC(=O)OCC(CNC(=O)C1=C(I)C(C(=O)O)=CC(I)(N(CC(COC(C)=O)OC(C)=O)C(C)=O)C1I)OC(C)=O. The molecule has 4 unspecified atom stereocenters. The van der Waals surface area contributed by atoms with E-state index >= 15 is 0 Å². The minimum atomic E-state index is -1.47. The van der Waals surface area contributed by atoms with E-state index < -0.39 is 61.3 Å². The fourth-order valence-electron chi connectivity index (χ4n) is 3.55. The third-order valence-electron chi connectivity index (χ3n) is 5.18. The summed E-state index contributed by atoms with van der Waals surface area (Å²) in [6.45, 7) is 4.57. The van der Waals surface area contributed by atoms with Gasteiger partial charge in [0.05, 0.1) is 22.6 Å². The van der Waals surface area contributed by atoms with Crippen LogP contribution >= 0.6 is 67.8 Å². The number of carboxylic acids is 1. The summed E-state index contributed by atoms with van der Waals surface area (Å²) in [6, 6.07) is 0. The highest BCUT2D eigenvalue weighted by molar-refractivity contribution is 14.1. The Kier molecular flexibility index (Phi) is 14.9. The van der Waals surface area contributed by atoms with Gasteiger partial charge < -0.3 is 34.3 Å². The number of carbonyl (C=O) groups is 7. The molecule has 14 nitrogen and oxygen atoms in total. The zero-order chi connectivity index (χ0) is 31.7. The van der Waals surface area contributed by atoms with E-state index in [-0.39, 0.29) is 41.0 Å². The molecule has 0 saturated carbocycles. The van der Waals surface area contributed by atoms with Crippen LogP contribution in [0.15, 0.2) is 20.8 Å². The maximum Gasteiger partial charge on any atom is 0.336 e. The molecule has 0 heterocycles. The first-order chi connectivity index (χ1) is 18.9. The van der Waals surface area contributed by atoms with Crippen molar-refractivity contribution >= 4 is 109 Å². The van der Waals surface area contributed by atoms with Crippen LogP contribution in [0.4, 0.5) is 0 Å². The Bertz CT molecular complexity index is 1150. The Morgan fingerprint density at radius 1 is 0.927 bits per heavy atom. The lowest BCUT2D eigenvalue weighted by molar-refractivity contribution is -0.159. The van der Waals surface area contributed by atoms with Gasteiger partial charge in [-0.2, -0.15) is 0 Å². The zero-order valence-electron chi connectivity index (χ0n) is 22.7. The second-order valence-electron chi connectivity index (χ2n) is 8.59. The summed E-state index contributed by atoms with van der Waals surface area (Å²) in [5.74, 6) is -5.27. The van der Waals surface area contributed by atoms with Gasteiger partial charge in [-0.05, 0) is 51.3 Å². The Hall–Kier alpha value is -2.04. The fraction of sp³-hybridized carbons (Fsp3) is 0.542. The van der Waals surface area contributed by atoms with Crippen LogP contribution in [0.1, 0.15) is 34.6 Å². The van der Waals surface area contributed by atoms with E-state index in [1.54, 1.807) is 22.6 Å². The van der Waals surface area contributed by atoms with Gasteiger partial charge >= 0.3 is 29.8 Å². The third kappa shape index (κ3) is 11.3. The topological polar surface area (TPSA) is 192 Å². The van der Waals surface area contributed by atoms with Crippen LogP contribution in [0.2, 0.25) is 0 Å². The van der Waals surface area contributed by atoms with Crippen LogP contribution in [0.3, 0.4) is 0 Å².